The molecule has 0 amide bonds. The molecule has 3 aromatic rings. The van der Waals surface area contributed by atoms with Gasteiger partial charge in [0.25, 0.3) is 0 Å². The Kier molecular flexibility index (Phi) is 6.71. The molecule has 3 aromatic carbocycles. The highest BCUT2D eigenvalue weighted by molar-refractivity contribution is 7.95. The van der Waals surface area contributed by atoms with Gasteiger partial charge in [-0.05, 0) is 36.4 Å². The first-order valence-electron chi connectivity index (χ1n) is 8.90. The molecule has 4 rings (SSSR count). The van der Waals surface area contributed by atoms with Gasteiger partial charge >= 0.3 is 0 Å². The smallest absolute Gasteiger partial charge is 0.243 e. The van der Waals surface area contributed by atoms with E-state index in [-0.39, 0.29) is 23.3 Å². The molecule has 0 N–H and O–H groups in total. The normalized spacial score (nSPS) is 13.5. The third-order valence-electron chi connectivity index (χ3n) is 4.81. The predicted molar refractivity (Wildman–Crippen MR) is 110 cm³/mol. The largest absolute Gasteiger partial charge is 1.00 e. The van der Waals surface area contributed by atoms with Gasteiger partial charge in [-0.1, -0.05) is 54.6 Å². The van der Waals surface area contributed by atoms with E-state index in [1.807, 2.05) is 0 Å². The molecule has 0 radical (unpaired) electrons. The van der Waals surface area contributed by atoms with Gasteiger partial charge in [0.05, 0.1) is 12.6 Å². The van der Waals surface area contributed by atoms with E-state index in [0.717, 1.165) is 12.6 Å². The van der Waals surface area contributed by atoms with E-state index < -0.39 is 7.26 Å². The maximum Gasteiger partial charge on any atom is 0.243 e. The Morgan fingerprint density at radius 3 is 1.33 bits per heavy atom. The van der Waals surface area contributed by atoms with E-state index in [9.17, 15) is 0 Å². The van der Waals surface area contributed by atoms with Crippen LogP contribution in [0, 0.1) is 0 Å². The first kappa shape index (κ1) is 19.7. The van der Waals surface area contributed by atoms with Gasteiger partial charge < -0.3 is 26.5 Å². The fraction of sp³-hybridized carbons (Fsp3) is 0.130. The fourth-order valence-electron chi connectivity index (χ4n) is 3.59. The van der Waals surface area contributed by atoms with E-state index >= 15 is 0 Å². The monoisotopic (exact) mass is 440 g/mol. The van der Waals surface area contributed by atoms with Crippen LogP contribution in [-0.4, -0.2) is 12.5 Å². The number of halogens is 1. The molecular weight excluding hydrogens is 419 g/mol. The molecule has 0 aromatic heterocycles. The topological polar surface area (TPSA) is 18.5 Å². The zero-order chi connectivity index (χ0) is 17.7. The summed E-state index contributed by atoms with van der Waals surface area (Å²) >= 11 is 0. The quantitative estimate of drug-likeness (QED) is 0.536. The number of ether oxygens (including phenoxy) is 2. The van der Waals surface area contributed by atoms with Crippen LogP contribution in [0.1, 0.15) is 6.42 Å². The van der Waals surface area contributed by atoms with Crippen LogP contribution in [0.15, 0.2) is 104 Å². The third-order valence-corrected chi connectivity index (χ3v) is 9.28. The molecule has 0 bridgehead atoms. The van der Waals surface area contributed by atoms with Crippen LogP contribution >= 0.6 is 7.26 Å². The van der Waals surface area contributed by atoms with Crippen molar-refractivity contribution in [2.45, 2.75) is 12.7 Å². The van der Waals surface area contributed by atoms with Crippen molar-refractivity contribution in [1.82, 2.24) is 0 Å². The summed E-state index contributed by atoms with van der Waals surface area (Å²) in [6, 6.07) is 32.7. The van der Waals surface area contributed by atoms with E-state index in [1.165, 1.54) is 15.9 Å². The molecule has 0 spiro atoms. The Bertz CT molecular complexity index is 749. The average Bonchev–Trinajstić information content (AvgIpc) is 3.25. The molecule has 0 unspecified atom stereocenters. The Hall–Kier alpha value is -2.09. The van der Waals surface area contributed by atoms with Crippen LogP contribution < -0.4 is 32.9 Å². The molecule has 4 heteroatoms. The Morgan fingerprint density at radius 2 is 0.963 bits per heavy atom. The van der Waals surface area contributed by atoms with E-state index in [2.05, 4.69) is 91.0 Å². The van der Waals surface area contributed by atoms with Crippen molar-refractivity contribution in [3.8, 4) is 0 Å². The fourth-order valence-corrected chi connectivity index (χ4v) is 7.90. The summed E-state index contributed by atoms with van der Waals surface area (Å²) in [6.07, 6.45) is 4.93. The molecule has 0 saturated carbocycles. The second-order valence-corrected chi connectivity index (χ2v) is 9.92. The van der Waals surface area contributed by atoms with Crippen LogP contribution in [0.2, 0.25) is 0 Å². The molecule has 0 aliphatic carbocycles. The van der Waals surface area contributed by atoms with E-state index in [1.54, 1.807) is 12.5 Å². The average molecular weight is 441 g/mol. The molecule has 2 nitrogen and oxygen atoms in total. The number of hydrogen-bond donors (Lipinski definition) is 0. The maximum absolute atomic E-state index is 5.57. The van der Waals surface area contributed by atoms with Crippen LogP contribution in [-0.2, 0) is 9.47 Å². The lowest BCUT2D eigenvalue weighted by Crippen LogP contribution is -3.00. The SMILES string of the molecule is C1=COC(CC[P+](c2ccccc2)(c2ccccc2)c2ccccc2)O1.[Br-]. The highest BCUT2D eigenvalue weighted by atomic mass is 79.9. The van der Waals surface area contributed by atoms with Crippen molar-refractivity contribution in [3.63, 3.8) is 0 Å². The standard InChI is InChI=1S/C23H22O2P.BrH/c1-4-10-20(11-5-1)26(21-12-6-2-7-13-21,22-14-8-3-9-15-22)19-16-23-24-17-18-25-23;/h1-15,17-18,23H,16,19H2;1H/q+1;/p-1. The Balaban J connectivity index is 0.00000210. The van der Waals surface area contributed by atoms with Gasteiger partial charge in [0.2, 0.25) is 6.29 Å². The lowest BCUT2D eigenvalue weighted by molar-refractivity contribution is -0.0234. The minimum absolute atomic E-state index is 0. The van der Waals surface area contributed by atoms with Gasteiger partial charge in [-0.3, -0.25) is 0 Å². The van der Waals surface area contributed by atoms with Gasteiger partial charge in [0.1, 0.15) is 35.7 Å². The summed E-state index contributed by atoms with van der Waals surface area (Å²) in [5.41, 5.74) is 0. The lowest BCUT2D eigenvalue weighted by atomic mass is 10.3. The van der Waals surface area contributed by atoms with Gasteiger partial charge in [0.15, 0.2) is 0 Å². The molecule has 1 aliphatic heterocycles. The Morgan fingerprint density at radius 1 is 0.593 bits per heavy atom. The minimum atomic E-state index is -1.79. The lowest BCUT2D eigenvalue weighted by Gasteiger charge is -2.28. The first-order valence-corrected chi connectivity index (χ1v) is 10.9. The molecule has 0 atom stereocenters. The van der Waals surface area contributed by atoms with Crippen LogP contribution in [0.5, 0.6) is 0 Å². The van der Waals surface area contributed by atoms with Crippen molar-refractivity contribution in [1.29, 1.82) is 0 Å². The Labute approximate surface area is 171 Å². The van der Waals surface area contributed by atoms with Gasteiger partial charge in [0, 0.05) is 0 Å². The first-order chi connectivity index (χ1) is 12.9. The van der Waals surface area contributed by atoms with Gasteiger partial charge in [-0.15, -0.1) is 0 Å². The second kappa shape index (κ2) is 9.21. The van der Waals surface area contributed by atoms with E-state index in [0.29, 0.717) is 0 Å². The second-order valence-electron chi connectivity index (χ2n) is 6.30. The zero-order valence-electron chi connectivity index (χ0n) is 14.9. The molecule has 1 heterocycles. The summed E-state index contributed by atoms with van der Waals surface area (Å²) in [5, 5.41) is 4.18. The summed E-state index contributed by atoms with van der Waals surface area (Å²) in [5.74, 6) is 0. The zero-order valence-corrected chi connectivity index (χ0v) is 17.4. The molecule has 27 heavy (non-hydrogen) atoms. The van der Waals surface area contributed by atoms with Crippen molar-refractivity contribution in [3.05, 3.63) is 104 Å². The third kappa shape index (κ3) is 4.10. The summed E-state index contributed by atoms with van der Waals surface area (Å²) in [7, 11) is -1.79. The van der Waals surface area contributed by atoms with Crippen LogP contribution in [0.4, 0.5) is 0 Å². The van der Waals surface area contributed by atoms with Crippen molar-refractivity contribution >= 4 is 23.2 Å². The number of benzene rings is 3. The molecule has 0 saturated heterocycles. The maximum atomic E-state index is 5.57. The molecule has 138 valence electrons. The predicted octanol–water partition coefficient (Wildman–Crippen LogP) is 1.22. The van der Waals surface area contributed by atoms with E-state index in [4.69, 9.17) is 9.47 Å². The van der Waals surface area contributed by atoms with Crippen LogP contribution in [0.25, 0.3) is 0 Å². The summed E-state index contributed by atoms with van der Waals surface area (Å²) in [6.45, 7) is 0. The van der Waals surface area contributed by atoms with Gasteiger partial charge in [-0.2, -0.15) is 0 Å². The van der Waals surface area contributed by atoms with Crippen molar-refractivity contribution < 1.29 is 26.5 Å². The number of rotatable bonds is 6. The molecule has 0 fully saturated rings. The summed E-state index contributed by atoms with van der Waals surface area (Å²) in [4.78, 5) is 0. The van der Waals surface area contributed by atoms with Crippen LogP contribution in [0.3, 0.4) is 0 Å². The molecular formula is C23H22BrO2P. The highest BCUT2D eigenvalue weighted by Crippen LogP contribution is 2.56. The van der Waals surface area contributed by atoms with Crippen molar-refractivity contribution in [2.75, 3.05) is 6.16 Å². The minimum Gasteiger partial charge on any atom is -1.00 e. The summed E-state index contributed by atoms with van der Waals surface area (Å²) < 4.78 is 11.1. The van der Waals surface area contributed by atoms with Crippen molar-refractivity contribution in [2.24, 2.45) is 0 Å². The highest BCUT2D eigenvalue weighted by Gasteiger charge is 2.45. The van der Waals surface area contributed by atoms with Gasteiger partial charge in [-0.25, -0.2) is 0 Å². The molecule has 1 aliphatic rings. The number of hydrogen-bond acceptors (Lipinski definition) is 2.